The molecule has 0 amide bonds. The van der Waals surface area contributed by atoms with Gasteiger partial charge in [-0.25, -0.2) is 0 Å². The Morgan fingerprint density at radius 3 is 2.89 bits per heavy atom. The van der Waals surface area contributed by atoms with Crippen LogP contribution in [0.4, 0.5) is 0 Å². The summed E-state index contributed by atoms with van der Waals surface area (Å²) in [4.78, 5) is 2.19. The van der Waals surface area contributed by atoms with Crippen LogP contribution >= 0.6 is 0 Å². The molecule has 19 heavy (non-hydrogen) atoms. The fraction of sp³-hybridized carbons (Fsp3) is 0.733. The molecule has 1 aromatic heterocycles. The lowest BCUT2D eigenvalue weighted by atomic mass is 9.96. The maximum Gasteiger partial charge on any atom is 0.0764 e. The summed E-state index contributed by atoms with van der Waals surface area (Å²) in [6.07, 6.45) is 9.26. The van der Waals surface area contributed by atoms with Crippen molar-refractivity contribution in [2.75, 3.05) is 7.05 Å². The molecule has 104 valence electrons. The molecule has 1 heterocycles. The standard InChI is InChI=1S/C15H24N4/c1-13(8-10-16)18(2)12-14-9-11-19(17-14)15-6-4-3-5-7-15/h9,11,13,15H,3-8,12H2,1-2H3. The average Bonchev–Trinajstić information content (AvgIpc) is 2.88. The van der Waals surface area contributed by atoms with Gasteiger partial charge in [0.2, 0.25) is 0 Å². The second kappa shape index (κ2) is 6.72. The van der Waals surface area contributed by atoms with Crippen molar-refractivity contribution in [3.8, 4) is 6.07 Å². The zero-order chi connectivity index (χ0) is 13.7. The van der Waals surface area contributed by atoms with Gasteiger partial charge in [-0.2, -0.15) is 10.4 Å². The van der Waals surface area contributed by atoms with Crippen LogP contribution in [0.2, 0.25) is 0 Å². The van der Waals surface area contributed by atoms with Gasteiger partial charge in [-0.1, -0.05) is 19.3 Å². The fourth-order valence-electron chi connectivity index (χ4n) is 2.71. The van der Waals surface area contributed by atoms with Gasteiger partial charge in [0.1, 0.15) is 0 Å². The van der Waals surface area contributed by atoms with E-state index >= 15 is 0 Å². The fourth-order valence-corrected chi connectivity index (χ4v) is 2.71. The zero-order valence-electron chi connectivity index (χ0n) is 12.0. The summed E-state index contributed by atoms with van der Waals surface area (Å²) in [7, 11) is 2.06. The van der Waals surface area contributed by atoms with Crippen LogP contribution in [0, 0.1) is 11.3 Å². The number of rotatable bonds is 5. The lowest BCUT2D eigenvalue weighted by Crippen LogP contribution is -2.28. The first-order valence-corrected chi connectivity index (χ1v) is 7.32. The van der Waals surface area contributed by atoms with Gasteiger partial charge < -0.3 is 0 Å². The molecule has 0 spiro atoms. The Bertz CT molecular complexity index is 426. The van der Waals surface area contributed by atoms with Gasteiger partial charge in [0.05, 0.1) is 24.2 Å². The van der Waals surface area contributed by atoms with E-state index in [1.165, 1.54) is 32.1 Å². The van der Waals surface area contributed by atoms with Gasteiger partial charge >= 0.3 is 0 Å². The monoisotopic (exact) mass is 260 g/mol. The highest BCUT2D eigenvalue weighted by atomic mass is 15.3. The molecule has 1 aliphatic carbocycles. The SMILES string of the molecule is CC(CC#N)N(C)Cc1ccn(C2CCCCC2)n1. The number of nitrogens with zero attached hydrogens (tertiary/aromatic N) is 4. The van der Waals surface area contributed by atoms with Crippen LogP contribution in [-0.4, -0.2) is 27.8 Å². The van der Waals surface area contributed by atoms with Gasteiger partial charge in [-0.3, -0.25) is 9.58 Å². The van der Waals surface area contributed by atoms with E-state index in [2.05, 4.69) is 41.9 Å². The summed E-state index contributed by atoms with van der Waals surface area (Å²) in [5.41, 5.74) is 1.11. The smallest absolute Gasteiger partial charge is 0.0764 e. The summed E-state index contributed by atoms with van der Waals surface area (Å²) in [5.74, 6) is 0. The van der Waals surface area contributed by atoms with Crippen molar-refractivity contribution in [1.29, 1.82) is 5.26 Å². The summed E-state index contributed by atoms with van der Waals surface area (Å²) in [5, 5.41) is 13.4. The summed E-state index contributed by atoms with van der Waals surface area (Å²) >= 11 is 0. The zero-order valence-corrected chi connectivity index (χ0v) is 12.0. The number of nitriles is 1. The molecule has 1 aliphatic rings. The number of hydrogen-bond donors (Lipinski definition) is 0. The highest BCUT2D eigenvalue weighted by molar-refractivity contribution is 5.00. The molecule has 1 atom stereocenters. The Hall–Kier alpha value is -1.34. The molecule has 0 radical (unpaired) electrons. The molecular formula is C15H24N4. The maximum absolute atomic E-state index is 8.73. The van der Waals surface area contributed by atoms with Crippen molar-refractivity contribution in [3.05, 3.63) is 18.0 Å². The quantitative estimate of drug-likeness (QED) is 0.817. The Morgan fingerprint density at radius 1 is 1.47 bits per heavy atom. The number of aromatic nitrogens is 2. The molecule has 2 rings (SSSR count). The summed E-state index contributed by atoms with van der Waals surface area (Å²) in [6, 6.07) is 5.22. The molecule has 0 N–H and O–H groups in total. The van der Waals surface area contributed by atoms with E-state index in [1.807, 2.05) is 0 Å². The van der Waals surface area contributed by atoms with Crippen molar-refractivity contribution in [3.63, 3.8) is 0 Å². The van der Waals surface area contributed by atoms with E-state index < -0.39 is 0 Å². The van der Waals surface area contributed by atoms with Crippen LogP contribution in [0.5, 0.6) is 0 Å². The van der Waals surface area contributed by atoms with Crippen molar-refractivity contribution >= 4 is 0 Å². The average molecular weight is 260 g/mol. The Labute approximate surface area is 116 Å². The normalized spacial score (nSPS) is 18.4. The van der Waals surface area contributed by atoms with Crippen molar-refractivity contribution in [2.45, 2.75) is 64.1 Å². The third-order valence-electron chi connectivity index (χ3n) is 4.16. The first-order chi connectivity index (χ1) is 9.20. The minimum atomic E-state index is 0.282. The van der Waals surface area contributed by atoms with E-state index in [9.17, 15) is 0 Å². The van der Waals surface area contributed by atoms with E-state index in [0.29, 0.717) is 12.5 Å². The van der Waals surface area contributed by atoms with Crippen LogP contribution in [0.25, 0.3) is 0 Å². The molecule has 1 fully saturated rings. The van der Waals surface area contributed by atoms with Crippen LogP contribution < -0.4 is 0 Å². The lowest BCUT2D eigenvalue weighted by molar-refractivity contribution is 0.247. The minimum Gasteiger partial charge on any atom is -0.297 e. The Balaban J connectivity index is 1.91. The molecule has 0 aromatic carbocycles. The van der Waals surface area contributed by atoms with Gasteiger partial charge in [0.25, 0.3) is 0 Å². The van der Waals surface area contributed by atoms with Crippen LogP contribution in [0.3, 0.4) is 0 Å². The predicted molar refractivity (Wildman–Crippen MR) is 75.5 cm³/mol. The van der Waals surface area contributed by atoms with Gasteiger partial charge in [-0.15, -0.1) is 0 Å². The van der Waals surface area contributed by atoms with E-state index in [0.717, 1.165) is 12.2 Å². The molecule has 1 unspecified atom stereocenters. The van der Waals surface area contributed by atoms with Crippen LogP contribution in [-0.2, 0) is 6.54 Å². The third-order valence-corrected chi connectivity index (χ3v) is 4.16. The third kappa shape index (κ3) is 3.81. The molecule has 1 saturated carbocycles. The predicted octanol–water partition coefficient (Wildman–Crippen LogP) is 3.12. The molecule has 0 saturated heterocycles. The van der Waals surface area contributed by atoms with Crippen molar-refractivity contribution in [1.82, 2.24) is 14.7 Å². The summed E-state index contributed by atoms with van der Waals surface area (Å²) in [6.45, 7) is 2.91. The number of hydrogen-bond acceptors (Lipinski definition) is 3. The first-order valence-electron chi connectivity index (χ1n) is 7.32. The van der Waals surface area contributed by atoms with E-state index in [4.69, 9.17) is 10.4 Å². The van der Waals surface area contributed by atoms with Gasteiger partial charge in [0, 0.05) is 18.8 Å². The van der Waals surface area contributed by atoms with Crippen LogP contribution in [0.1, 0.15) is 57.2 Å². The molecular weight excluding hydrogens is 236 g/mol. The second-order valence-corrected chi connectivity index (χ2v) is 5.71. The van der Waals surface area contributed by atoms with Crippen molar-refractivity contribution < 1.29 is 0 Å². The highest BCUT2D eigenvalue weighted by Gasteiger charge is 2.17. The first kappa shape index (κ1) is 14.1. The molecule has 0 aliphatic heterocycles. The van der Waals surface area contributed by atoms with Crippen molar-refractivity contribution in [2.24, 2.45) is 0 Å². The Morgan fingerprint density at radius 2 is 2.21 bits per heavy atom. The molecule has 4 nitrogen and oxygen atoms in total. The largest absolute Gasteiger partial charge is 0.297 e. The second-order valence-electron chi connectivity index (χ2n) is 5.71. The van der Waals surface area contributed by atoms with E-state index in [1.54, 1.807) is 0 Å². The molecule has 1 aromatic rings. The van der Waals surface area contributed by atoms with Gasteiger partial charge in [-0.05, 0) is 32.9 Å². The molecule has 4 heteroatoms. The topological polar surface area (TPSA) is 44.9 Å². The highest BCUT2D eigenvalue weighted by Crippen LogP contribution is 2.27. The van der Waals surface area contributed by atoms with E-state index in [-0.39, 0.29) is 6.04 Å². The lowest BCUT2D eigenvalue weighted by Gasteiger charge is -2.23. The van der Waals surface area contributed by atoms with Crippen LogP contribution in [0.15, 0.2) is 12.3 Å². The summed E-state index contributed by atoms with van der Waals surface area (Å²) < 4.78 is 2.15. The minimum absolute atomic E-state index is 0.282. The molecule has 0 bridgehead atoms. The Kier molecular flexibility index (Phi) is 4.98. The maximum atomic E-state index is 8.73. The van der Waals surface area contributed by atoms with Gasteiger partial charge in [0.15, 0.2) is 0 Å².